The highest BCUT2D eigenvalue weighted by atomic mass is 79.9. The highest BCUT2D eigenvalue weighted by molar-refractivity contribution is 9.11. The minimum absolute atomic E-state index is 0.258. The van der Waals surface area contributed by atoms with Gasteiger partial charge < -0.3 is 5.32 Å². The van der Waals surface area contributed by atoms with E-state index in [1.165, 1.54) is 42.5 Å². The first-order valence-electron chi connectivity index (χ1n) is 7.42. The Kier molecular flexibility index (Phi) is 5.20. The predicted molar refractivity (Wildman–Crippen MR) is 98.3 cm³/mol. The molecule has 112 valence electrons. The highest BCUT2D eigenvalue weighted by Crippen LogP contribution is 2.37. The Morgan fingerprint density at radius 2 is 1.90 bits per heavy atom. The van der Waals surface area contributed by atoms with Gasteiger partial charge in [0, 0.05) is 18.7 Å². The van der Waals surface area contributed by atoms with Crippen LogP contribution in [0.4, 0.5) is 0 Å². The molecule has 1 unspecified atom stereocenters. The van der Waals surface area contributed by atoms with Gasteiger partial charge in [-0.1, -0.05) is 38.3 Å². The summed E-state index contributed by atoms with van der Waals surface area (Å²) in [7, 11) is 2.04. The van der Waals surface area contributed by atoms with Crippen molar-refractivity contribution in [2.75, 3.05) is 7.05 Å². The fourth-order valence-corrected chi connectivity index (χ4v) is 5.26. The summed E-state index contributed by atoms with van der Waals surface area (Å²) in [6.07, 6.45) is 6.58. The molecule has 1 nitrogen and oxygen atoms in total. The minimum Gasteiger partial charge on any atom is -0.309 e. The zero-order valence-corrected chi connectivity index (χ0v) is 16.1. The summed E-state index contributed by atoms with van der Waals surface area (Å²) < 4.78 is 2.28. The molecule has 3 rings (SSSR count). The second-order valence-electron chi connectivity index (χ2n) is 5.55. The Labute approximate surface area is 147 Å². The van der Waals surface area contributed by atoms with E-state index >= 15 is 0 Å². The average Bonchev–Trinajstić information content (AvgIpc) is 2.74. The number of rotatable bonds is 3. The first kappa shape index (κ1) is 15.7. The topological polar surface area (TPSA) is 12.0 Å². The molecule has 0 saturated carbocycles. The van der Waals surface area contributed by atoms with Gasteiger partial charge in [0.2, 0.25) is 0 Å². The molecule has 1 atom stereocenters. The van der Waals surface area contributed by atoms with Crippen molar-refractivity contribution in [2.24, 2.45) is 0 Å². The Balaban J connectivity index is 1.98. The van der Waals surface area contributed by atoms with Gasteiger partial charge in [-0.15, -0.1) is 11.3 Å². The Morgan fingerprint density at radius 3 is 2.71 bits per heavy atom. The zero-order chi connectivity index (χ0) is 14.8. The molecule has 1 aliphatic carbocycles. The van der Waals surface area contributed by atoms with Crippen LogP contribution in [0.5, 0.6) is 0 Å². The normalized spacial score (nSPS) is 16.3. The lowest BCUT2D eigenvalue weighted by atomic mass is 10.0. The van der Waals surface area contributed by atoms with Crippen molar-refractivity contribution < 1.29 is 0 Å². The molecule has 0 aliphatic heterocycles. The molecule has 0 fully saturated rings. The lowest BCUT2D eigenvalue weighted by Gasteiger charge is -2.17. The fourth-order valence-electron chi connectivity index (χ4n) is 3.02. The summed E-state index contributed by atoms with van der Waals surface area (Å²) >= 11 is 9.28. The van der Waals surface area contributed by atoms with E-state index in [0.29, 0.717) is 0 Å². The van der Waals surface area contributed by atoms with Crippen LogP contribution in [0.2, 0.25) is 0 Å². The lowest BCUT2D eigenvalue weighted by Crippen LogP contribution is -2.17. The van der Waals surface area contributed by atoms with Gasteiger partial charge in [-0.2, -0.15) is 0 Å². The van der Waals surface area contributed by atoms with Gasteiger partial charge in [0.15, 0.2) is 0 Å². The maximum absolute atomic E-state index is 3.70. The van der Waals surface area contributed by atoms with Crippen molar-refractivity contribution in [3.05, 3.63) is 54.1 Å². The van der Waals surface area contributed by atoms with Gasteiger partial charge >= 0.3 is 0 Å². The first-order chi connectivity index (χ1) is 10.2. The molecule has 0 amide bonds. The molecule has 0 radical (unpaired) electrons. The third-order valence-electron chi connectivity index (χ3n) is 4.11. The molecule has 1 N–H and O–H groups in total. The van der Waals surface area contributed by atoms with Crippen LogP contribution in [-0.4, -0.2) is 7.05 Å². The van der Waals surface area contributed by atoms with Crippen molar-refractivity contribution in [1.82, 2.24) is 5.32 Å². The molecule has 1 aromatic carbocycles. The van der Waals surface area contributed by atoms with Crippen LogP contribution in [0.3, 0.4) is 0 Å². The first-order valence-corrected chi connectivity index (χ1v) is 9.83. The average molecular weight is 429 g/mol. The van der Waals surface area contributed by atoms with E-state index in [1.54, 1.807) is 10.4 Å². The quantitative estimate of drug-likeness (QED) is 0.604. The molecule has 0 spiro atoms. The van der Waals surface area contributed by atoms with Crippen LogP contribution in [-0.2, 0) is 12.8 Å². The number of nitrogens with one attached hydrogen (secondary N) is 1. The Bertz CT molecular complexity index is 612. The predicted octanol–water partition coefficient (Wildman–Crippen LogP) is 5.85. The number of hydrogen-bond acceptors (Lipinski definition) is 2. The second kappa shape index (κ2) is 6.95. The monoisotopic (exact) mass is 427 g/mol. The van der Waals surface area contributed by atoms with Gasteiger partial charge in [0.05, 0.1) is 6.04 Å². The van der Waals surface area contributed by atoms with Crippen molar-refractivity contribution >= 4 is 43.2 Å². The van der Waals surface area contributed by atoms with E-state index in [-0.39, 0.29) is 6.04 Å². The Hall–Kier alpha value is -0.160. The molecule has 4 heteroatoms. The molecule has 1 heterocycles. The van der Waals surface area contributed by atoms with E-state index in [1.807, 2.05) is 18.4 Å². The number of aryl methyl sites for hydroxylation is 2. The van der Waals surface area contributed by atoms with E-state index in [2.05, 4.69) is 61.4 Å². The van der Waals surface area contributed by atoms with E-state index in [9.17, 15) is 0 Å². The van der Waals surface area contributed by atoms with Crippen LogP contribution >= 0.6 is 43.2 Å². The summed E-state index contributed by atoms with van der Waals surface area (Å²) in [6.45, 7) is 0. The van der Waals surface area contributed by atoms with Gasteiger partial charge in [-0.05, 0) is 68.1 Å². The molecule has 2 aromatic rings. The van der Waals surface area contributed by atoms with E-state index < -0.39 is 0 Å². The standard InChI is InChI=1S/C17H19Br2NS/c1-20-17(13-10-12(18)7-8-14(13)19)16-9-11-5-3-2-4-6-15(11)21-16/h7-10,17,20H,2-6H2,1H3. The molecule has 1 aliphatic rings. The van der Waals surface area contributed by atoms with Crippen molar-refractivity contribution in [2.45, 2.75) is 38.1 Å². The summed E-state index contributed by atoms with van der Waals surface area (Å²) in [5.74, 6) is 0. The number of fused-ring (bicyclic) bond motifs is 1. The van der Waals surface area contributed by atoms with Crippen molar-refractivity contribution in [3.63, 3.8) is 0 Å². The SMILES string of the molecule is CNC(c1cc2c(s1)CCCCC2)c1cc(Br)ccc1Br. The Morgan fingerprint density at radius 1 is 1.10 bits per heavy atom. The molecule has 1 aromatic heterocycles. The van der Waals surface area contributed by atoms with Gasteiger partial charge in [-0.3, -0.25) is 0 Å². The van der Waals surface area contributed by atoms with Crippen LogP contribution in [0.15, 0.2) is 33.2 Å². The lowest BCUT2D eigenvalue weighted by molar-refractivity contribution is 0.695. The third kappa shape index (κ3) is 3.44. The van der Waals surface area contributed by atoms with Crippen LogP contribution < -0.4 is 5.32 Å². The third-order valence-corrected chi connectivity index (χ3v) is 6.63. The molecule has 0 bridgehead atoms. The maximum Gasteiger partial charge on any atom is 0.0680 e. The number of benzene rings is 1. The fraction of sp³-hybridized carbons (Fsp3) is 0.412. The smallest absolute Gasteiger partial charge is 0.0680 e. The number of thiophene rings is 1. The number of halogens is 2. The van der Waals surface area contributed by atoms with Gasteiger partial charge in [-0.25, -0.2) is 0 Å². The summed E-state index contributed by atoms with van der Waals surface area (Å²) in [5, 5.41) is 3.49. The van der Waals surface area contributed by atoms with E-state index in [0.717, 1.165) is 8.95 Å². The van der Waals surface area contributed by atoms with Gasteiger partial charge in [0.25, 0.3) is 0 Å². The highest BCUT2D eigenvalue weighted by Gasteiger charge is 2.20. The minimum atomic E-state index is 0.258. The second-order valence-corrected chi connectivity index (χ2v) is 8.48. The van der Waals surface area contributed by atoms with Crippen molar-refractivity contribution in [1.29, 1.82) is 0 Å². The molecular weight excluding hydrogens is 410 g/mol. The van der Waals surface area contributed by atoms with Gasteiger partial charge in [0.1, 0.15) is 0 Å². The van der Waals surface area contributed by atoms with Crippen molar-refractivity contribution in [3.8, 4) is 0 Å². The molecular formula is C17H19Br2NS. The zero-order valence-electron chi connectivity index (χ0n) is 12.1. The molecule has 21 heavy (non-hydrogen) atoms. The van der Waals surface area contributed by atoms with Crippen LogP contribution in [0.25, 0.3) is 0 Å². The largest absolute Gasteiger partial charge is 0.309 e. The summed E-state index contributed by atoms with van der Waals surface area (Å²) in [4.78, 5) is 3.04. The molecule has 0 saturated heterocycles. The van der Waals surface area contributed by atoms with E-state index in [4.69, 9.17) is 0 Å². The van der Waals surface area contributed by atoms with Crippen LogP contribution in [0, 0.1) is 0 Å². The maximum atomic E-state index is 3.70. The number of hydrogen-bond donors (Lipinski definition) is 1. The summed E-state index contributed by atoms with van der Waals surface area (Å²) in [6, 6.07) is 9.08. The summed E-state index contributed by atoms with van der Waals surface area (Å²) in [5.41, 5.74) is 2.88. The van der Waals surface area contributed by atoms with Crippen LogP contribution in [0.1, 0.15) is 46.2 Å².